The SMILES string of the molecule is CCOc1cc(O)c(C(=O)c2ccccc2)cc1S(=O)(=O)O.[H-].[Na+]. The van der Waals surface area contributed by atoms with Crippen LogP contribution in [-0.4, -0.2) is 30.5 Å². The van der Waals surface area contributed by atoms with E-state index in [1.165, 1.54) is 12.1 Å². The number of carbonyl (C=O) groups excluding carboxylic acids is 1. The molecule has 0 spiro atoms. The van der Waals surface area contributed by atoms with E-state index in [1.54, 1.807) is 25.1 Å². The Hall–Kier alpha value is -1.38. The van der Waals surface area contributed by atoms with Crippen molar-refractivity contribution in [1.82, 2.24) is 0 Å². The minimum Gasteiger partial charge on any atom is -1.00 e. The van der Waals surface area contributed by atoms with Crippen molar-refractivity contribution >= 4 is 15.9 Å². The van der Waals surface area contributed by atoms with Crippen molar-refractivity contribution in [2.24, 2.45) is 0 Å². The summed E-state index contributed by atoms with van der Waals surface area (Å²) in [6.45, 7) is 1.75. The van der Waals surface area contributed by atoms with E-state index < -0.39 is 26.5 Å². The topological polar surface area (TPSA) is 101 Å². The number of ketones is 1. The molecule has 0 aliphatic heterocycles. The Bertz CT molecular complexity index is 808. The van der Waals surface area contributed by atoms with Crippen LogP contribution in [0.4, 0.5) is 0 Å². The van der Waals surface area contributed by atoms with Crippen molar-refractivity contribution in [3.05, 3.63) is 53.6 Å². The van der Waals surface area contributed by atoms with E-state index in [9.17, 15) is 22.9 Å². The van der Waals surface area contributed by atoms with Crippen LogP contribution in [0.15, 0.2) is 47.4 Å². The molecular formula is C15H15NaO6S. The summed E-state index contributed by atoms with van der Waals surface area (Å²) in [4.78, 5) is 11.8. The van der Waals surface area contributed by atoms with Crippen molar-refractivity contribution in [3.8, 4) is 11.5 Å². The van der Waals surface area contributed by atoms with Crippen LogP contribution < -0.4 is 34.3 Å². The van der Waals surface area contributed by atoms with Crippen molar-refractivity contribution in [2.45, 2.75) is 11.8 Å². The first kappa shape index (κ1) is 19.7. The van der Waals surface area contributed by atoms with Gasteiger partial charge in [-0.2, -0.15) is 8.42 Å². The van der Waals surface area contributed by atoms with Crippen molar-refractivity contribution in [1.29, 1.82) is 0 Å². The molecule has 0 unspecified atom stereocenters. The average Bonchev–Trinajstić information content (AvgIpc) is 2.47. The molecule has 2 rings (SSSR count). The van der Waals surface area contributed by atoms with Crippen LogP contribution in [0.5, 0.6) is 11.5 Å². The third-order valence-corrected chi connectivity index (χ3v) is 3.80. The zero-order valence-electron chi connectivity index (χ0n) is 13.7. The van der Waals surface area contributed by atoms with Crippen LogP contribution in [0.25, 0.3) is 0 Å². The molecule has 118 valence electrons. The summed E-state index contributed by atoms with van der Waals surface area (Å²) in [7, 11) is -4.60. The summed E-state index contributed by atoms with van der Waals surface area (Å²) >= 11 is 0. The minimum absolute atomic E-state index is 0. The second kappa shape index (κ2) is 7.94. The first-order valence-electron chi connectivity index (χ1n) is 6.41. The quantitative estimate of drug-likeness (QED) is 0.425. The number of aromatic hydroxyl groups is 1. The van der Waals surface area contributed by atoms with E-state index in [0.29, 0.717) is 0 Å². The van der Waals surface area contributed by atoms with E-state index in [1.807, 2.05) is 0 Å². The smallest absolute Gasteiger partial charge is 1.00 e. The number of phenolic OH excluding ortho intramolecular Hbond substituents is 1. The summed E-state index contributed by atoms with van der Waals surface area (Å²) in [6.07, 6.45) is 0. The molecule has 0 heterocycles. The Balaban J connectivity index is 0.00000264. The summed E-state index contributed by atoms with van der Waals surface area (Å²) < 4.78 is 37.2. The Morgan fingerprint density at radius 1 is 1.22 bits per heavy atom. The van der Waals surface area contributed by atoms with Gasteiger partial charge < -0.3 is 11.3 Å². The Morgan fingerprint density at radius 3 is 2.35 bits per heavy atom. The van der Waals surface area contributed by atoms with Crippen molar-refractivity contribution < 1.29 is 58.6 Å². The molecule has 0 fully saturated rings. The maximum absolute atomic E-state index is 12.3. The average molecular weight is 346 g/mol. The maximum Gasteiger partial charge on any atom is 1.00 e. The van der Waals surface area contributed by atoms with Gasteiger partial charge in [0.05, 0.1) is 12.2 Å². The van der Waals surface area contributed by atoms with E-state index in [-0.39, 0.29) is 54.5 Å². The first-order chi connectivity index (χ1) is 10.3. The molecule has 6 nitrogen and oxygen atoms in total. The minimum atomic E-state index is -4.60. The maximum atomic E-state index is 12.3. The first-order valence-corrected chi connectivity index (χ1v) is 7.85. The van der Waals surface area contributed by atoms with Gasteiger partial charge in [0.2, 0.25) is 0 Å². The van der Waals surface area contributed by atoms with Gasteiger partial charge in [-0.1, -0.05) is 30.3 Å². The molecule has 2 N–H and O–H groups in total. The molecule has 0 radical (unpaired) electrons. The molecule has 0 saturated carbocycles. The molecule has 2 aromatic rings. The molecule has 0 amide bonds. The standard InChI is InChI=1S/C15H14O6S.Na.H/c1-2-21-13-9-12(16)11(8-14(13)22(18,19)20)15(17)10-6-4-3-5-7-10;;/h3-9,16H,2H2,1H3,(H,18,19,20);;/q;+1;-1. The zero-order valence-corrected chi connectivity index (χ0v) is 15.5. The number of benzene rings is 2. The van der Waals surface area contributed by atoms with E-state index >= 15 is 0 Å². The molecule has 0 atom stereocenters. The molecule has 0 aliphatic carbocycles. The second-order valence-corrected chi connectivity index (χ2v) is 5.81. The molecule has 0 aliphatic rings. The number of phenols is 1. The van der Waals surface area contributed by atoms with E-state index in [0.717, 1.165) is 12.1 Å². The largest absolute Gasteiger partial charge is 1.00 e. The normalized spacial score (nSPS) is 10.7. The molecular weight excluding hydrogens is 331 g/mol. The van der Waals surface area contributed by atoms with Gasteiger partial charge in [-0.3, -0.25) is 9.35 Å². The van der Waals surface area contributed by atoms with Crippen LogP contribution >= 0.6 is 0 Å². The summed E-state index contributed by atoms with van der Waals surface area (Å²) in [5.74, 6) is -1.21. The number of rotatable bonds is 5. The van der Waals surface area contributed by atoms with Crippen LogP contribution in [0.1, 0.15) is 24.3 Å². The van der Waals surface area contributed by atoms with Gasteiger partial charge in [0.1, 0.15) is 16.4 Å². The molecule has 23 heavy (non-hydrogen) atoms. The zero-order chi connectivity index (χ0) is 16.3. The number of ether oxygens (including phenoxy) is 1. The Kier molecular flexibility index (Phi) is 6.79. The van der Waals surface area contributed by atoms with Crippen LogP contribution in [0.3, 0.4) is 0 Å². The Morgan fingerprint density at radius 2 is 1.83 bits per heavy atom. The van der Waals surface area contributed by atoms with Gasteiger partial charge in [0, 0.05) is 11.6 Å². The van der Waals surface area contributed by atoms with Crippen molar-refractivity contribution in [3.63, 3.8) is 0 Å². The van der Waals surface area contributed by atoms with Gasteiger partial charge in [0.15, 0.2) is 5.78 Å². The monoisotopic (exact) mass is 346 g/mol. The van der Waals surface area contributed by atoms with E-state index in [2.05, 4.69) is 0 Å². The molecule has 8 heteroatoms. The molecule has 2 aromatic carbocycles. The van der Waals surface area contributed by atoms with Crippen LogP contribution in [-0.2, 0) is 10.1 Å². The third kappa shape index (κ3) is 4.55. The summed E-state index contributed by atoms with van der Waals surface area (Å²) in [5, 5.41) is 9.96. The van der Waals surface area contributed by atoms with Gasteiger partial charge >= 0.3 is 29.6 Å². The van der Waals surface area contributed by atoms with Gasteiger partial charge in [-0.15, -0.1) is 0 Å². The molecule has 0 aromatic heterocycles. The van der Waals surface area contributed by atoms with Gasteiger partial charge in [0.25, 0.3) is 10.1 Å². The fourth-order valence-electron chi connectivity index (χ4n) is 1.95. The predicted octanol–water partition coefficient (Wildman–Crippen LogP) is -0.615. The van der Waals surface area contributed by atoms with Crippen LogP contribution in [0.2, 0.25) is 0 Å². The fraction of sp³-hybridized carbons (Fsp3) is 0.133. The third-order valence-electron chi connectivity index (χ3n) is 2.92. The summed E-state index contributed by atoms with van der Waals surface area (Å²) in [5.41, 5.74) is 0.0468. The fourth-order valence-corrected chi connectivity index (χ4v) is 2.58. The number of hydrogen-bond donors (Lipinski definition) is 2. The molecule has 0 saturated heterocycles. The van der Waals surface area contributed by atoms with Gasteiger partial charge in [-0.05, 0) is 13.0 Å². The number of hydrogen-bond acceptors (Lipinski definition) is 5. The predicted molar refractivity (Wildman–Crippen MR) is 80.1 cm³/mol. The van der Waals surface area contributed by atoms with E-state index in [4.69, 9.17) is 4.74 Å². The molecule has 0 bridgehead atoms. The van der Waals surface area contributed by atoms with Crippen molar-refractivity contribution in [2.75, 3.05) is 6.61 Å². The summed E-state index contributed by atoms with van der Waals surface area (Å²) in [6, 6.07) is 9.98. The number of carbonyl (C=O) groups is 1. The van der Waals surface area contributed by atoms with Gasteiger partial charge in [-0.25, -0.2) is 0 Å². The Labute approximate surface area is 157 Å². The van der Waals surface area contributed by atoms with Crippen LogP contribution in [0, 0.1) is 0 Å². The second-order valence-electron chi connectivity index (χ2n) is 4.42.